The summed E-state index contributed by atoms with van der Waals surface area (Å²) in [5.74, 6) is 4.54. The number of hydrogen-bond donors (Lipinski definition) is 2. The second-order valence-corrected chi connectivity index (χ2v) is 8.44. The zero-order valence-corrected chi connectivity index (χ0v) is 13.8. The van der Waals surface area contributed by atoms with Crippen molar-refractivity contribution in [3.63, 3.8) is 0 Å². The average molecular weight is 314 g/mol. The molecule has 124 valence electrons. The summed E-state index contributed by atoms with van der Waals surface area (Å²) >= 11 is 0. The van der Waals surface area contributed by atoms with Crippen LogP contribution in [-0.2, 0) is 4.79 Å². The number of rotatable bonds is 0. The third-order valence-corrected chi connectivity index (χ3v) is 7.74. The first-order valence-electron chi connectivity index (χ1n) is 9.02. The maximum absolute atomic E-state index is 11.7. The Morgan fingerprint density at radius 2 is 2.04 bits per heavy atom. The van der Waals surface area contributed by atoms with E-state index < -0.39 is 11.7 Å². The molecule has 4 aliphatic carbocycles. The van der Waals surface area contributed by atoms with Gasteiger partial charge in [0, 0.05) is 11.8 Å². The van der Waals surface area contributed by atoms with Gasteiger partial charge in [-0.2, -0.15) is 0 Å². The third kappa shape index (κ3) is 1.95. The van der Waals surface area contributed by atoms with Crippen molar-refractivity contribution in [3.8, 4) is 12.3 Å². The first-order chi connectivity index (χ1) is 10.9. The summed E-state index contributed by atoms with van der Waals surface area (Å²) < 4.78 is 0. The quantitative estimate of drug-likeness (QED) is 0.675. The Labute approximate surface area is 138 Å². The van der Waals surface area contributed by atoms with Gasteiger partial charge in [0.05, 0.1) is 6.10 Å². The molecule has 0 aromatic rings. The predicted octanol–water partition coefficient (Wildman–Crippen LogP) is 2.46. The maximum Gasteiger partial charge on any atom is 0.155 e. The lowest BCUT2D eigenvalue weighted by Gasteiger charge is -2.55. The van der Waals surface area contributed by atoms with Crippen LogP contribution in [0.15, 0.2) is 11.6 Å². The van der Waals surface area contributed by atoms with E-state index in [9.17, 15) is 15.0 Å². The van der Waals surface area contributed by atoms with E-state index in [2.05, 4.69) is 12.8 Å². The molecule has 1 unspecified atom stereocenters. The second kappa shape index (κ2) is 4.94. The van der Waals surface area contributed by atoms with Gasteiger partial charge in [-0.1, -0.05) is 12.8 Å². The molecule has 7 atom stereocenters. The van der Waals surface area contributed by atoms with Crippen molar-refractivity contribution in [1.29, 1.82) is 0 Å². The van der Waals surface area contributed by atoms with Crippen LogP contribution in [0.1, 0.15) is 51.9 Å². The summed E-state index contributed by atoms with van der Waals surface area (Å²) in [6, 6.07) is 0. The molecular weight excluding hydrogens is 288 g/mol. The van der Waals surface area contributed by atoms with Crippen LogP contribution < -0.4 is 0 Å². The van der Waals surface area contributed by atoms with Crippen LogP contribution in [-0.4, -0.2) is 27.7 Å². The minimum absolute atomic E-state index is 0.164. The number of hydrogen-bond acceptors (Lipinski definition) is 3. The van der Waals surface area contributed by atoms with Crippen molar-refractivity contribution >= 4 is 5.78 Å². The molecule has 0 amide bonds. The summed E-state index contributed by atoms with van der Waals surface area (Å²) in [5.41, 5.74) is -0.239. The van der Waals surface area contributed by atoms with Crippen molar-refractivity contribution in [3.05, 3.63) is 11.6 Å². The first-order valence-corrected chi connectivity index (χ1v) is 9.02. The van der Waals surface area contributed by atoms with Gasteiger partial charge in [-0.05, 0) is 73.8 Å². The highest BCUT2D eigenvalue weighted by molar-refractivity contribution is 5.91. The molecule has 0 saturated heterocycles. The van der Waals surface area contributed by atoms with Crippen molar-refractivity contribution in [2.45, 2.75) is 63.6 Å². The zero-order chi connectivity index (χ0) is 16.4. The molecule has 3 nitrogen and oxygen atoms in total. The normalized spacial score (nSPS) is 52.0. The Morgan fingerprint density at radius 1 is 1.26 bits per heavy atom. The number of terminal acetylenes is 1. The number of carbonyl (C=O) groups excluding carboxylic acids is 1. The monoisotopic (exact) mass is 314 g/mol. The van der Waals surface area contributed by atoms with Crippen LogP contribution in [0.3, 0.4) is 0 Å². The highest BCUT2D eigenvalue weighted by Crippen LogP contribution is 2.64. The van der Waals surface area contributed by atoms with Crippen molar-refractivity contribution in [1.82, 2.24) is 0 Å². The summed E-state index contributed by atoms with van der Waals surface area (Å²) in [7, 11) is 0. The molecule has 4 rings (SSSR count). The fourth-order valence-corrected chi connectivity index (χ4v) is 6.44. The van der Waals surface area contributed by atoms with Gasteiger partial charge in [0.15, 0.2) is 5.78 Å². The fourth-order valence-electron chi connectivity index (χ4n) is 6.44. The summed E-state index contributed by atoms with van der Waals surface area (Å²) in [5, 5.41) is 21.6. The topological polar surface area (TPSA) is 57.5 Å². The summed E-state index contributed by atoms with van der Waals surface area (Å²) in [4.78, 5) is 11.7. The van der Waals surface area contributed by atoms with E-state index in [1.54, 1.807) is 6.08 Å². The lowest BCUT2D eigenvalue weighted by molar-refractivity contribution is -0.118. The Kier molecular flexibility index (Phi) is 3.31. The molecule has 23 heavy (non-hydrogen) atoms. The molecule has 3 heteroatoms. The van der Waals surface area contributed by atoms with Crippen molar-refractivity contribution < 1.29 is 15.0 Å². The van der Waals surface area contributed by atoms with Gasteiger partial charge >= 0.3 is 0 Å². The lowest BCUT2D eigenvalue weighted by atomic mass is 9.50. The molecule has 0 heterocycles. The smallest absolute Gasteiger partial charge is 0.155 e. The third-order valence-electron chi connectivity index (χ3n) is 7.74. The van der Waals surface area contributed by atoms with Crippen molar-refractivity contribution in [2.75, 3.05) is 0 Å². The molecule has 0 aromatic carbocycles. The fraction of sp³-hybridized carbons (Fsp3) is 0.750. The number of aliphatic hydroxyl groups excluding tert-OH is 1. The van der Waals surface area contributed by atoms with E-state index in [4.69, 9.17) is 6.42 Å². The van der Waals surface area contributed by atoms with Crippen molar-refractivity contribution in [2.24, 2.45) is 29.1 Å². The maximum atomic E-state index is 11.7. The van der Waals surface area contributed by atoms with E-state index in [1.807, 2.05) is 0 Å². The number of aliphatic hydroxyl groups is 2. The number of ketones is 1. The van der Waals surface area contributed by atoms with Gasteiger partial charge in [-0.3, -0.25) is 4.79 Å². The molecule has 0 aliphatic heterocycles. The molecule has 3 saturated carbocycles. The largest absolute Gasteiger partial charge is 0.389 e. The SMILES string of the molecule is C#C[C@]1(O)CC[C@H]2[C@@H]3C[C@H](O)C4=CC(=O)CCC4[C@H]3CC[C@@]21C. The molecule has 0 aromatic heterocycles. The first kappa shape index (κ1) is 15.4. The van der Waals surface area contributed by atoms with E-state index in [1.165, 1.54) is 0 Å². The molecule has 2 N–H and O–H groups in total. The Morgan fingerprint density at radius 3 is 2.78 bits per heavy atom. The molecule has 0 radical (unpaired) electrons. The van der Waals surface area contributed by atoms with Gasteiger partial charge in [0.25, 0.3) is 0 Å². The van der Waals surface area contributed by atoms with Gasteiger partial charge in [-0.25, -0.2) is 0 Å². The highest BCUT2D eigenvalue weighted by atomic mass is 16.3. The molecule has 4 aliphatic rings. The summed E-state index contributed by atoms with van der Waals surface area (Å²) in [6.45, 7) is 2.16. The van der Waals surface area contributed by atoms with E-state index in [0.29, 0.717) is 36.5 Å². The predicted molar refractivity (Wildman–Crippen MR) is 87.3 cm³/mol. The van der Waals surface area contributed by atoms with Crippen LogP contribution in [0.5, 0.6) is 0 Å². The van der Waals surface area contributed by atoms with E-state index >= 15 is 0 Å². The minimum atomic E-state index is -0.994. The molecule has 0 spiro atoms. The Hall–Kier alpha value is -1.11. The zero-order valence-electron chi connectivity index (χ0n) is 13.8. The standard InChI is InChI=1S/C20H26O3/c1-3-20(23)9-7-17-15-11-18(22)16-10-12(21)4-5-13(16)14(15)6-8-19(17,20)2/h1,10,13-15,17-18,22-23H,4-9,11H2,2H3/t13?,14-,15-,17+,18+,19+,20+/m1/s1. The lowest BCUT2D eigenvalue weighted by Crippen LogP contribution is -2.53. The Bertz CT molecular complexity index is 615. The van der Waals surface area contributed by atoms with E-state index in [0.717, 1.165) is 37.7 Å². The molecular formula is C20H26O3. The van der Waals surface area contributed by atoms with Crippen LogP contribution in [0, 0.1) is 41.4 Å². The summed E-state index contributed by atoms with van der Waals surface area (Å²) in [6.07, 6.45) is 12.7. The number of fused-ring (bicyclic) bond motifs is 5. The number of carbonyl (C=O) groups is 1. The van der Waals surface area contributed by atoms with Crippen LogP contribution in [0.25, 0.3) is 0 Å². The molecule has 0 bridgehead atoms. The van der Waals surface area contributed by atoms with Gasteiger partial charge in [-0.15, -0.1) is 6.42 Å². The van der Waals surface area contributed by atoms with Crippen LogP contribution in [0.4, 0.5) is 0 Å². The van der Waals surface area contributed by atoms with Crippen LogP contribution in [0.2, 0.25) is 0 Å². The van der Waals surface area contributed by atoms with Gasteiger partial charge < -0.3 is 10.2 Å². The molecule has 3 fully saturated rings. The second-order valence-electron chi connectivity index (χ2n) is 8.44. The van der Waals surface area contributed by atoms with Crippen LogP contribution >= 0.6 is 0 Å². The minimum Gasteiger partial charge on any atom is -0.389 e. The van der Waals surface area contributed by atoms with Gasteiger partial charge in [0.2, 0.25) is 0 Å². The average Bonchev–Trinajstić information content (AvgIpc) is 2.80. The highest BCUT2D eigenvalue weighted by Gasteiger charge is 2.62. The van der Waals surface area contributed by atoms with E-state index in [-0.39, 0.29) is 11.2 Å². The van der Waals surface area contributed by atoms with Gasteiger partial charge in [0.1, 0.15) is 5.60 Å². The Balaban J connectivity index is 1.69.